The molecule has 0 aliphatic carbocycles. The molecule has 1 fully saturated rings. The molecule has 0 amide bonds. The Kier molecular flexibility index (Phi) is 4.79. The smallest absolute Gasteiger partial charge is 0.0841 e. The zero-order valence-electron chi connectivity index (χ0n) is 9.38. The van der Waals surface area contributed by atoms with Gasteiger partial charge in [-0.05, 0) is 18.8 Å². The van der Waals surface area contributed by atoms with Gasteiger partial charge in [0.25, 0.3) is 0 Å². The fraction of sp³-hybridized carbons (Fsp3) is 1.00. The van der Waals surface area contributed by atoms with E-state index in [1.54, 1.807) is 0 Å². The van der Waals surface area contributed by atoms with Crippen LogP contribution in [-0.4, -0.2) is 12.2 Å². The standard InChI is InChI=1S/C12H24O/c1-4-7-11-12(13-11)9-6-5-8-10(2)3/h10-12H,4-9H2,1-3H3. The molecule has 13 heavy (non-hydrogen) atoms. The van der Waals surface area contributed by atoms with Crippen LogP contribution in [0.1, 0.15) is 59.3 Å². The minimum atomic E-state index is 0.629. The van der Waals surface area contributed by atoms with E-state index in [-0.39, 0.29) is 0 Å². The van der Waals surface area contributed by atoms with Crippen LogP contribution < -0.4 is 0 Å². The third-order valence-electron chi connectivity index (χ3n) is 2.78. The highest BCUT2D eigenvalue weighted by Gasteiger charge is 2.36. The lowest BCUT2D eigenvalue weighted by atomic mass is 10.0. The van der Waals surface area contributed by atoms with Crippen molar-refractivity contribution in [2.75, 3.05) is 0 Å². The van der Waals surface area contributed by atoms with Crippen LogP contribution >= 0.6 is 0 Å². The van der Waals surface area contributed by atoms with E-state index in [0.717, 1.165) is 5.92 Å². The summed E-state index contributed by atoms with van der Waals surface area (Å²) in [6.07, 6.45) is 9.24. The van der Waals surface area contributed by atoms with Gasteiger partial charge >= 0.3 is 0 Å². The summed E-state index contributed by atoms with van der Waals surface area (Å²) in [5.41, 5.74) is 0. The molecule has 0 spiro atoms. The van der Waals surface area contributed by atoms with E-state index < -0.39 is 0 Å². The molecule has 0 bridgehead atoms. The second kappa shape index (κ2) is 5.64. The molecule has 1 heterocycles. The van der Waals surface area contributed by atoms with Gasteiger partial charge < -0.3 is 4.74 Å². The van der Waals surface area contributed by atoms with Crippen molar-refractivity contribution in [3.63, 3.8) is 0 Å². The monoisotopic (exact) mass is 184 g/mol. The molecule has 0 radical (unpaired) electrons. The van der Waals surface area contributed by atoms with Gasteiger partial charge in [-0.3, -0.25) is 0 Å². The first kappa shape index (κ1) is 11.0. The molecule has 78 valence electrons. The molecule has 2 atom stereocenters. The normalized spacial score (nSPS) is 26.8. The number of rotatable bonds is 7. The fourth-order valence-electron chi connectivity index (χ4n) is 1.87. The Morgan fingerprint density at radius 1 is 1.08 bits per heavy atom. The Morgan fingerprint density at radius 3 is 2.38 bits per heavy atom. The Balaban J connectivity index is 1.85. The molecule has 2 unspecified atom stereocenters. The van der Waals surface area contributed by atoms with E-state index in [9.17, 15) is 0 Å². The quantitative estimate of drug-likeness (QED) is 0.433. The molecule has 0 aromatic heterocycles. The summed E-state index contributed by atoms with van der Waals surface area (Å²) < 4.78 is 5.56. The number of unbranched alkanes of at least 4 members (excludes halogenated alkanes) is 1. The summed E-state index contributed by atoms with van der Waals surface area (Å²) in [6, 6.07) is 0. The van der Waals surface area contributed by atoms with Crippen LogP contribution in [0.5, 0.6) is 0 Å². The first-order valence-corrected chi connectivity index (χ1v) is 5.89. The lowest BCUT2D eigenvalue weighted by Crippen LogP contribution is -1.94. The summed E-state index contributed by atoms with van der Waals surface area (Å²) in [5, 5.41) is 0. The molecule has 0 saturated carbocycles. The van der Waals surface area contributed by atoms with Gasteiger partial charge in [0.15, 0.2) is 0 Å². The fourth-order valence-corrected chi connectivity index (χ4v) is 1.87. The SMILES string of the molecule is CCCC1OC1CCCCC(C)C. The van der Waals surface area contributed by atoms with Gasteiger partial charge in [-0.2, -0.15) is 0 Å². The van der Waals surface area contributed by atoms with Crippen LogP contribution in [0.3, 0.4) is 0 Å². The second-order valence-corrected chi connectivity index (χ2v) is 4.68. The third kappa shape index (κ3) is 4.66. The predicted octanol–water partition coefficient (Wildman–Crippen LogP) is 3.77. The first-order chi connectivity index (χ1) is 6.24. The number of hydrogen-bond donors (Lipinski definition) is 0. The van der Waals surface area contributed by atoms with Crippen LogP contribution in [0.25, 0.3) is 0 Å². The van der Waals surface area contributed by atoms with Crippen molar-refractivity contribution in [3.05, 3.63) is 0 Å². The average Bonchev–Trinajstić information content (AvgIpc) is 2.78. The first-order valence-electron chi connectivity index (χ1n) is 5.89. The topological polar surface area (TPSA) is 12.5 Å². The summed E-state index contributed by atoms with van der Waals surface area (Å²) in [7, 11) is 0. The van der Waals surface area contributed by atoms with E-state index in [2.05, 4.69) is 20.8 Å². The van der Waals surface area contributed by atoms with Crippen molar-refractivity contribution in [2.24, 2.45) is 5.92 Å². The second-order valence-electron chi connectivity index (χ2n) is 4.68. The summed E-state index contributed by atoms with van der Waals surface area (Å²) >= 11 is 0. The van der Waals surface area contributed by atoms with E-state index in [1.165, 1.54) is 38.5 Å². The minimum absolute atomic E-state index is 0.629. The summed E-state index contributed by atoms with van der Waals surface area (Å²) in [5.74, 6) is 0.867. The van der Waals surface area contributed by atoms with Gasteiger partial charge in [0.2, 0.25) is 0 Å². The number of ether oxygens (including phenoxy) is 1. The molecule has 0 aromatic rings. The maximum Gasteiger partial charge on any atom is 0.0841 e. The highest BCUT2D eigenvalue weighted by Crippen LogP contribution is 2.30. The number of epoxide rings is 1. The van der Waals surface area contributed by atoms with Crippen molar-refractivity contribution >= 4 is 0 Å². The van der Waals surface area contributed by atoms with Crippen LogP contribution in [0.4, 0.5) is 0 Å². The molecule has 1 aliphatic rings. The van der Waals surface area contributed by atoms with Gasteiger partial charge in [-0.15, -0.1) is 0 Å². The maximum atomic E-state index is 5.56. The Labute approximate surface area is 82.9 Å². The lowest BCUT2D eigenvalue weighted by Gasteiger charge is -2.02. The molecule has 0 N–H and O–H groups in total. The Bertz CT molecular complexity index is 131. The van der Waals surface area contributed by atoms with Crippen LogP contribution in [-0.2, 0) is 4.74 Å². The largest absolute Gasteiger partial charge is 0.370 e. The molecular formula is C12H24O. The summed E-state index contributed by atoms with van der Waals surface area (Å²) in [6.45, 7) is 6.83. The molecular weight excluding hydrogens is 160 g/mol. The highest BCUT2D eigenvalue weighted by molar-refractivity contribution is 4.83. The van der Waals surface area contributed by atoms with Crippen molar-refractivity contribution < 1.29 is 4.74 Å². The molecule has 1 saturated heterocycles. The predicted molar refractivity (Wildman–Crippen MR) is 56.9 cm³/mol. The molecule has 1 heteroatoms. The van der Waals surface area contributed by atoms with E-state index >= 15 is 0 Å². The highest BCUT2D eigenvalue weighted by atomic mass is 16.6. The van der Waals surface area contributed by atoms with Crippen LogP contribution in [0.15, 0.2) is 0 Å². The van der Waals surface area contributed by atoms with Crippen molar-refractivity contribution in [1.29, 1.82) is 0 Å². The Morgan fingerprint density at radius 2 is 1.77 bits per heavy atom. The molecule has 1 nitrogen and oxygen atoms in total. The van der Waals surface area contributed by atoms with Crippen LogP contribution in [0.2, 0.25) is 0 Å². The zero-order chi connectivity index (χ0) is 9.68. The molecule has 1 rings (SSSR count). The lowest BCUT2D eigenvalue weighted by molar-refractivity contribution is 0.349. The van der Waals surface area contributed by atoms with Gasteiger partial charge in [-0.25, -0.2) is 0 Å². The zero-order valence-corrected chi connectivity index (χ0v) is 9.38. The van der Waals surface area contributed by atoms with E-state index in [1.807, 2.05) is 0 Å². The average molecular weight is 184 g/mol. The van der Waals surface area contributed by atoms with Crippen LogP contribution in [0, 0.1) is 5.92 Å². The minimum Gasteiger partial charge on any atom is -0.370 e. The van der Waals surface area contributed by atoms with Crippen molar-refractivity contribution in [1.82, 2.24) is 0 Å². The van der Waals surface area contributed by atoms with E-state index in [4.69, 9.17) is 4.74 Å². The maximum absolute atomic E-state index is 5.56. The van der Waals surface area contributed by atoms with Crippen molar-refractivity contribution in [2.45, 2.75) is 71.5 Å². The Hall–Kier alpha value is -0.0400. The molecule has 0 aromatic carbocycles. The summed E-state index contributed by atoms with van der Waals surface area (Å²) in [4.78, 5) is 0. The third-order valence-corrected chi connectivity index (χ3v) is 2.78. The van der Waals surface area contributed by atoms with Gasteiger partial charge in [-0.1, -0.05) is 46.5 Å². The van der Waals surface area contributed by atoms with Gasteiger partial charge in [0.05, 0.1) is 12.2 Å². The van der Waals surface area contributed by atoms with Gasteiger partial charge in [0, 0.05) is 0 Å². The number of hydrogen-bond acceptors (Lipinski definition) is 1. The van der Waals surface area contributed by atoms with E-state index in [0.29, 0.717) is 12.2 Å². The van der Waals surface area contributed by atoms with Gasteiger partial charge in [0.1, 0.15) is 0 Å². The molecule has 1 aliphatic heterocycles. The van der Waals surface area contributed by atoms with Crippen molar-refractivity contribution in [3.8, 4) is 0 Å².